The molecule has 0 aliphatic heterocycles. The molecule has 7 heavy (non-hydrogen) atoms. The SMILES string of the molecule is [Cu].[NaH].[OH][Ti]([OH])([OH])[OH]. The standard InChI is InChI=1S/Cu.Na.4H2O.Ti.H/h;;4*1H2;;/q;;;;;;+4;/p-4. The van der Waals surface area contributed by atoms with Crippen LogP contribution in [-0.4, -0.2) is 44.3 Å². The molecule has 4 N–H and O–H groups in total. The van der Waals surface area contributed by atoms with Gasteiger partial charge in [0.1, 0.15) is 0 Å². The van der Waals surface area contributed by atoms with Crippen LogP contribution in [0, 0.1) is 0 Å². The van der Waals surface area contributed by atoms with Gasteiger partial charge in [-0.3, -0.25) is 0 Å². The summed E-state index contributed by atoms with van der Waals surface area (Å²) in [6.07, 6.45) is 0. The molecule has 0 rings (SSSR count). The van der Waals surface area contributed by atoms with Gasteiger partial charge in [-0.05, 0) is 0 Å². The minimum absolute atomic E-state index is 0. The number of hydrogen-bond donors (Lipinski definition) is 4. The van der Waals surface area contributed by atoms with Gasteiger partial charge < -0.3 is 0 Å². The van der Waals surface area contributed by atoms with E-state index in [0.717, 1.165) is 0 Å². The van der Waals surface area contributed by atoms with Gasteiger partial charge in [0, 0.05) is 17.1 Å². The molecule has 0 unspecified atom stereocenters. The fourth-order valence-electron chi connectivity index (χ4n) is 0. The van der Waals surface area contributed by atoms with Gasteiger partial charge >= 0.3 is 62.5 Å². The summed E-state index contributed by atoms with van der Waals surface area (Å²) in [4.78, 5) is 0. The Kier molecular flexibility index (Phi) is 14.2. The quantitative estimate of drug-likeness (QED) is 0.319. The van der Waals surface area contributed by atoms with E-state index in [-0.39, 0.29) is 46.6 Å². The first-order chi connectivity index (χ1) is 2.00. The van der Waals surface area contributed by atoms with Crippen molar-refractivity contribution in [3.8, 4) is 0 Å². The zero-order valence-corrected chi connectivity index (χ0v) is 5.09. The van der Waals surface area contributed by atoms with Gasteiger partial charge in [-0.2, -0.15) is 0 Å². The topological polar surface area (TPSA) is 80.9 Å². The molecule has 1 radical (unpaired) electrons. The second kappa shape index (κ2) is 6.20. The predicted molar refractivity (Wildman–Crippen MR) is 16.0 cm³/mol. The van der Waals surface area contributed by atoms with Crippen molar-refractivity contribution in [3.05, 3.63) is 0 Å². The van der Waals surface area contributed by atoms with Crippen molar-refractivity contribution in [2.75, 3.05) is 0 Å². The van der Waals surface area contributed by atoms with Gasteiger partial charge in [-0.25, -0.2) is 0 Å². The molecule has 0 aromatic rings. The summed E-state index contributed by atoms with van der Waals surface area (Å²) >= 11 is -5.00. The van der Waals surface area contributed by atoms with Crippen LogP contribution in [0.3, 0.4) is 0 Å². The van der Waals surface area contributed by atoms with Crippen molar-refractivity contribution in [2.24, 2.45) is 0 Å². The van der Waals surface area contributed by atoms with Crippen molar-refractivity contribution in [2.45, 2.75) is 0 Å². The summed E-state index contributed by atoms with van der Waals surface area (Å²) in [5.41, 5.74) is 0. The van der Waals surface area contributed by atoms with Crippen LogP contribution in [0.1, 0.15) is 0 Å². The van der Waals surface area contributed by atoms with Crippen LogP contribution in [0.15, 0.2) is 0 Å². The summed E-state index contributed by atoms with van der Waals surface area (Å²) in [6.45, 7) is 0. The molecule has 0 aliphatic rings. The second-order valence-electron chi connectivity index (χ2n) is 0.600. The van der Waals surface area contributed by atoms with E-state index in [0.29, 0.717) is 0 Å². The van der Waals surface area contributed by atoms with Gasteiger partial charge in [-0.1, -0.05) is 0 Å². The Morgan fingerprint density at radius 1 is 0.857 bits per heavy atom. The van der Waals surface area contributed by atoms with Gasteiger partial charge in [0.2, 0.25) is 0 Å². The first-order valence-electron chi connectivity index (χ1n) is 0.894. The van der Waals surface area contributed by atoms with Crippen molar-refractivity contribution < 1.29 is 50.0 Å². The first kappa shape index (κ1) is 16.0. The molecule has 45 valence electrons. The Morgan fingerprint density at radius 2 is 0.857 bits per heavy atom. The normalized spacial score (nSPS) is 8.57. The molecule has 0 fully saturated rings. The average molecular weight is 203 g/mol. The Balaban J connectivity index is -0.0000000800. The van der Waals surface area contributed by atoms with Crippen LogP contribution in [0.5, 0.6) is 0 Å². The van der Waals surface area contributed by atoms with Gasteiger partial charge in [0.25, 0.3) is 0 Å². The van der Waals surface area contributed by atoms with Crippen molar-refractivity contribution in [1.29, 1.82) is 0 Å². The van der Waals surface area contributed by atoms with E-state index < -0.39 is 18.1 Å². The molecule has 0 spiro atoms. The summed E-state index contributed by atoms with van der Waals surface area (Å²) < 4.78 is 29.5. The summed E-state index contributed by atoms with van der Waals surface area (Å²) in [5, 5.41) is 0. The molecule has 0 saturated carbocycles. The van der Waals surface area contributed by atoms with E-state index in [1.807, 2.05) is 0 Å². The van der Waals surface area contributed by atoms with Crippen LogP contribution >= 0.6 is 0 Å². The van der Waals surface area contributed by atoms with E-state index in [4.69, 9.17) is 14.8 Å². The maximum atomic E-state index is 7.38. The van der Waals surface area contributed by atoms with E-state index in [1.165, 1.54) is 0 Å². The van der Waals surface area contributed by atoms with Crippen molar-refractivity contribution >= 4 is 29.6 Å². The minimum atomic E-state index is -5.00. The maximum absolute atomic E-state index is 7.38. The van der Waals surface area contributed by atoms with Gasteiger partial charge in [0.05, 0.1) is 0 Å². The van der Waals surface area contributed by atoms with Crippen LogP contribution < -0.4 is 0 Å². The molecule has 0 aromatic carbocycles. The number of hydrogen-bond acceptors (Lipinski definition) is 4. The Bertz CT molecular complexity index is 27.2. The molecule has 0 amide bonds. The summed E-state index contributed by atoms with van der Waals surface area (Å²) in [5.74, 6) is 0. The van der Waals surface area contributed by atoms with E-state index in [1.54, 1.807) is 0 Å². The van der Waals surface area contributed by atoms with Crippen LogP contribution in [0.2, 0.25) is 0 Å². The molecule has 0 heterocycles. The van der Waals surface area contributed by atoms with E-state index in [2.05, 4.69) is 0 Å². The average Bonchev–Trinajstić information content (AvgIpc) is 0.722. The molecule has 4 nitrogen and oxygen atoms in total. The summed E-state index contributed by atoms with van der Waals surface area (Å²) in [6, 6.07) is 0. The third kappa shape index (κ3) is 69.3. The van der Waals surface area contributed by atoms with Crippen LogP contribution in [0.4, 0.5) is 0 Å². The van der Waals surface area contributed by atoms with Crippen molar-refractivity contribution in [1.82, 2.24) is 0 Å². The Labute approximate surface area is 78.6 Å². The fraction of sp³-hybridized carbons (Fsp3) is 0. The third-order valence-electron chi connectivity index (χ3n) is 0. The van der Waals surface area contributed by atoms with E-state index in [9.17, 15) is 0 Å². The van der Waals surface area contributed by atoms with Crippen molar-refractivity contribution in [3.63, 3.8) is 0 Å². The molecule has 0 aromatic heterocycles. The zero-order chi connectivity index (χ0) is 4.50. The first-order valence-corrected chi connectivity index (χ1v) is 3.69. The number of rotatable bonds is 0. The Morgan fingerprint density at radius 3 is 0.857 bits per heavy atom. The molecule has 0 atom stereocenters. The van der Waals surface area contributed by atoms with Gasteiger partial charge in [0.15, 0.2) is 0 Å². The van der Waals surface area contributed by atoms with Crippen LogP contribution in [0.25, 0.3) is 0 Å². The molecule has 0 aliphatic carbocycles. The van der Waals surface area contributed by atoms with E-state index >= 15 is 0 Å². The third-order valence-corrected chi connectivity index (χ3v) is 0. The van der Waals surface area contributed by atoms with Crippen LogP contribution in [-0.2, 0) is 35.2 Å². The molecular formula is H5CuNaO4Ti. The molecular weight excluding hydrogens is 198 g/mol. The molecule has 0 saturated heterocycles. The second-order valence-corrected chi connectivity index (χ2v) is 2.47. The van der Waals surface area contributed by atoms with Gasteiger partial charge in [-0.15, -0.1) is 0 Å². The summed E-state index contributed by atoms with van der Waals surface area (Å²) in [7, 11) is 0. The zero-order valence-electron chi connectivity index (χ0n) is 2.59. The monoisotopic (exact) mass is 203 g/mol. The molecule has 0 bridgehead atoms. The predicted octanol–water partition coefficient (Wildman–Crippen LogP) is -2.88. The molecule has 7 heteroatoms. The fourth-order valence-corrected chi connectivity index (χ4v) is 0. The Hall–Kier alpha value is 2.07.